The predicted molar refractivity (Wildman–Crippen MR) is 144 cm³/mol. The highest BCUT2D eigenvalue weighted by Crippen LogP contribution is 2.38. The molecule has 0 amide bonds. The fourth-order valence-electron chi connectivity index (χ4n) is 2.55. The summed E-state index contributed by atoms with van der Waals surface area (Å²) in [4.78, 5) is 1.66. The van der Waals surface area contributed by atoms with Crippen molar-refractivity contribution in [2.75, 3.05) is 0 Å². The fraction of sp³-hybridized carbons (Fsp3) is 1.00. The molecule has 0 radical (unpaired) electrons. The van der Waals surface area contributed by atoms with Gasteiger partial charge in [0.1, 0.15) is 12.2 Å². The van der Waals surface area contributed by atoms with Crippen LogP contribution in [0.3, 0.4) is 0 Å². The molecule has 0 aromatic rings. The molecule has 3 nitrogen and oxygen atoms in total. The number of hydrogen-bond donors (Lipinski definition) is 0. The Bertz CT molecular complexity index is 390. The molecule has 28 heavy (non-hydrogen) atoms. The molecular weight excluding hydrogens is 775 g/mol. The van der Waals surface area contributed by atoms with E-state index < -0.39 is 8.25 Å². The first-order valence-electron chi connectivity index (χ1n) is 9.57. The van der Waals surface area contributed by atoms with Crippen molar-refractivity contribution in [1.82, 2.24) is 0 Å². The summed E-state index contributed by atoms with van der Waals surface area (Å²) < 4.78 is 24.5. The van der Waals surface area contributed by atoms with Crippen molar-refractivity contribution in [3.8, 4) is 0 Å². The number of alkyl halides is 6. The molecule has 8 atom stereocenters. The first kappa shape index (κ1) is 30.9. The lowest BCUT2D eigenvalue weighted by Gasteiger charge is -2.21. The maximum Gasteiger partial charge on any atom is 0.698 e. The van der Waals surface area contributed by atoms with Crippen LogP contribution < -0.4 is 0 Å². The van der Waals surface area contributed by atoms with E-state index in [1.165, 1.54) is 0 Å². The first-order valence-corrected chi connectivity index (χ1v) is 16.2. The number of halogens is 6. The fourth-order valence-corrected chi connectivity index (χ4v) is 6.28. The molecule has 168 valence electrons. The van der Waals surface area contributed by atoms with Crippen molar-refractivity contribution in [2.45, 2.75) is 107 Å². The minimum atomic E-state index is -2.21. The summed E-state index contributed by atoms with van der Waals surface area (Å²) in [5, 5.41) is 0. The molecule has 0 heterocycles. The summed E-state index contributed by atoms with van der Waals surface area (Å²) in [7, 11) is -2.21. The molecule has 0 saturated carbocycles. The van der Waals surface area contributed by atoms with Gasteiger partial charge in [-0.3, -0.25) is 0 Å². The lowest BCUT2D eigenvalue weighted by Crippen LogP contribution is -2.28. The smallest absolute Gasteiger partial charge is 0.115 e. The molecule has 0 rings (SSSR count). The maximum atomic E-state index is 12.7. The summed E-state index contributed by atoms with van der Waals surface area (Å²) in [6, 6.07) is 0. The topological polar surface area (TPSA) is 35.5 Å². The zero-order chi connectivity index (χ0) is 21.9. The zero-order valence-electron chi connectivity index (χ0n) is 16.8. The molecule has 0 fully saturated rings. The van der Waals surface area contributed by atoms with Crippen molar-refractivity contribution >= 4 is 104 Å². The minimum Gasteiger partial charge on any atom is -0.115 e. The maximum absolute atomic E-state index is 12.7. The Balaban J connectivity index is 4.92. The molecule has 0 bridgehead atoms. The van der Waals surface area contributed by atoms with Gasteiger partial charge in [-0.25, -0.2) is 0 Å². The van der Waals surface area contributed by atoms with Crippen LogP contribution in [0.5, 0.6) is 0 Å². The van der Waals surface area contributed by atoms with Gasteiger partial charge in [-0.2, -0.15) is 0 Å². The van der Waals surface area contributed by atoms with Crippen LogP contribution >= 0.6 is 104 Å². The van der Waals surface area contributed by atoms with Gasteiger partial charge in [0.15, 0.2) is 0 Å². The third kappa shape index (κ3) is 16.5. The van der Waals surface area contributed by atoms with Crippen LogP contribution in [0.2, 0.25) is 0 Å². The normalized spacial score (nSPS) is 21.3. The van der Waals surface area contributed by atoms with E-state index in [1.807, 2.05) is 0 Å². The van der Waals surface area contributed by atoms with Crippen LogP contribution in [-0.4, -0.2) is 41.2 Å². The van der Waals surface area contributed by atoms with Gasteiger partial charge in [-0.15, -0.1) is 9.05 Å². The monoisotopic (exact) mass is 801 g/mol. The van der Waals surface area contributed by atoms with Gasteiger partial charge >= 0.3 is 8.25 Å². The van der Waals surface area contributed by atoms with Crippen LogP contribution in [0.15, 0.2) is 0 Å². The second kappa shape index (κ2) is 17.4. The van der Waals surface area contributed by atoms with Gasteiger partial charge in [-0.05, 0) is 38.5 Å². The van der Waals surface area contributed by atoms with Crippen molar-refractivity contribution in [2.24, 2.45) is 0 Å². The van der Waals surface area contributed by atoms with Crippen molar-refractivity contribution in [1.29, 1.82) is 0 Å². The summed E-state index contributed by atoms with van der Waals surface area (Å²) in [5.74, 6) is 0. The molecule has 0 aliphatic rings. The summed E-state index contributed by atoms with van der Waals surface area (Å²) in [6.07, 6.45) is 5.07. The van der Waals surface area contributed by atoms with Gasteiger partial charge < -0.3 is 0 Å². The quantitative estimate of drug-likeness (QED) is 0.115. The third-order valence-corrected chi connectivity index (χ3v) is 8.69. The van der Waals surface area contributed by atoms with E-state index in [0.717, 1.165) is 38.5 Å². The highest BCUT2D eigenvalue weighted by atomic mass is 79.9. The molecule has 0 aromatic carbocycles. The van der Waals surface area contributed by atoms with Crippen molar-refractivity contribution < 1.29 is 13.6 Å². The second-order valence-corrected chi connectivity index (χ2v) is 16.8. The lowest BCUT2D eigenvalue weighted by atomic mass is 10.1. The van der Waals surface area contributed by atoms with Gasteiger partial charge in [0, 0.05) is 33.5 Å². The van der Waals surface area contributed by atoms with Crippen LogP contribution in [0.25, 0.3) is 0 Å². The zero-order valence-corrected chi connectivity index (χ0v) is 27.2. The Morgan fingerprint density at radius 2 is 0.929 bits per heavy atom. The Hall–Kier alpha value is 2.90. The summed E-state index contributed by atoms with van der Waals surface area (Å²) >= 11 is 21.8. The van der Waals surface area contributed by atoms with E-state index in [-0.39, 0.29) is 31.5 Å². The molecule has 0 N–H and O–H groups in total. The Kier molecular flexibility index (Phi) is 19.2. The first-order chi connectivity index (χ1) is 12.9. The highest BCUT2D eigenvalue weighted by molar-refractivity contribution is 9.10. The molecule has 0 spiro atoms. The Labute approximate surface area is 222 Å². The minimum absolute atomic E-state index is 0.123. The largest absolute Gasteiger partial charge is 0.698 e. The van der Waals surface area contributed by atoms with Crippen molar-refractivity contribution in [3.63, 3.8) is 0 Å². The van der Waals surface area contributed by atoms with E-state index in [2.05, 4.69) is 123 Å². The van der Waals surface area contributed by atoms with Crippen LogP contribution in [0, 0.1) is 0 Å². The second-order valence-electron chi connectivity index (χ2n) is 7.29. The Morgan fingerprint density at radius 3 is 1.18 bits per heavy atom. The van der Waals surface area contributed by atoms with Crippen molar-refractivity contribution in [3.05, 3.63) is 0 Å². The Morgan fingerprint density at radius 1 is 0.607 bits per heavy atom. The predicted octanol–water partition coefficient (Wildman–Crippen LogP) is 9.42. The van der Waals surface area contributed by atoms with E-state index in [1.54, 1.807) is 0 Å². The molecule has 0 saturated heterocycles. The average molecular weight is 807 g/mol. The third-order valence-electron chi connectivity index (χ3n) is 4.04. The highest BCUT2D eigenvalue weighted by Gasteiger charge is 2.38. The van der Waals surface area contributed by atoms with Gasteiger partial charge in [0.2, 0.25) is 0 Å². The van der Waals surface area contributed by atoms with E-state index in [9.17, 15) is 4.57 Å². The van der Waals surface area contributed by atoms with Gasteiger partial charge in [0.25, 0.3) is 0 Å². The summed E-state index contributed by atoms with van der Waals surface area (Å²) in [5.41, 5.74) is 0. The molecule has 0 aromatic heterocycles. The van der Waals surface area contributed by atoms with E-state index >= 15 is 0 Å². The standard InChI is InChI=1S/C18H32Br6O3P/c1-11(19)5-7-15(23)17(9-13(3)21)26-28(25)27-18(10-14(4)22)16(24)8-6-12(2)20/h11-18H,5-10H2,1-4H3/q+1. The van der Waals surface area contributed by atoms with Crippen LogP contribution in [0.4, 0.5) is 0 Å². The molecule has 0 aliphatic heterocycles. The van der Waals surface area contributed by atoms with E-state index in [0.29, 0.717) is 9.65 Å². The molecular formula is C18H32Br6O3P+. The lowest BCUT2D eigenvalue weighted by molar-refractivity contribution is 0.117. The van der Waals surface area contributed by atoms with Gasteiger partial charge in [0.05, 0.1) is 0 Å². The van der Waals surface area contributed by atoms with Gasteiger partial charge in [-0.1, -0.05) is 123 Å². The number of rotatable bonds is 16. The summed E-state index contributed by atoms with van der Waals surface area (Å²) in [6.45, 7) is 8.40. The van der Waals surface area contributed by atoms with Crippen LogP contribution in [0.1, 0.15) is 66.2 Å². The van der Waals surface area contributed by atoms with E-state index in [4.69, 9.17) is 9.05 Å². The molecule has 10 heteroatoms. The van der Waals surface area contributed by atoms with Crippen LogP contribution in [-0.2, 0) is 13.6 Å². The molecule has 8 unspecified atom stereocenters. The molecule has 0 aliphatic carbocycles. The SMILES string of the molecule is CC(Br)CCC(Br)C(CC(C)Br)O[P+](=O)OC(CC(C)Br)C(Br)CCC(C)Br. The number of hydrogen-bond acceptors (Lipinski definition) is 3. The average Bonchev–Trinajstić information content (AvgIpc) is 2.55.